The van der Waals surface area contributed by atoms with Crippen LogP contribution in [0.5, 0.6) is 0 Å². The first-order chi connectivity index (χ1) is 11.0. The highest BCUT2D eigenvalue weighted by molar-refractivity contribution is 5.92. The number of hydrogen-bond acceptors (Lipinski definition) is 5. The summed E-state index contributed by atoms with van der Waals surface area (Å²) in [5, 5.41) is 17.2. The predicted molar refractivity (Wildman–Crippen MR) is 89.9 cm³/mol. The molecule has 0 unspecified atom stereocenters. The fourth-order valence-electron chi connectivity index (χ4n) is 2.82. The second-order valence-corrected chi connectivity index (χ2v) is 5.87. The molecule has 1 aromatic heterocycles. The number of nitrogens with zero attached hydrogens (tertiary/aromatic N) is 4. The van der Waals surface area contributed by atoms with Crippen molar-refractivity contribution in [3.63, 3.8) is 0 Å². The number of piperidine rings is 1. The molecule has 1 aliphatic heterocycles. The van der Waals surface area contributed by atoms with E-state index in [0.717, 1.165) is 19.4 Å². The molecule has 0 aliphatic carbocycles. The molecule has 2 aromatic rings. The Labute approximate surface area is 145 Å². The Morgan fingerprint density at radius 2 is 2.25 bits per heavy atom. The van der Waals surface area contributed by atoms with Gasteiger partial charge in [-0.15, -0.1) is 17.5 Å². The van der Waals surface area contributed by atoms with Gasteiger partial charge in [-0.1, -0.05) is 0 Å². The third-order valence-electron chi connectivity index (χ3n) is 4.06. The van der Waals surface area contributed by atoms with Gasteiger partial charge in [-0.25, -0.2) is 4.39 Å². The molecule has 0 radical (unpaired) electrons. The second-order valence-electron chi connectivity index (χ2n) is 5.87. The Hall–Kier alpha value is -2.06. The number of anilines is 1. The molecule has 0 bridgehead atoms. The first-order valence-electron chi connectivity index (χ1n) is 7.63. The average molecular weight is 355 g/mol. The highest BCUT2D eigenvalue weighted by atomic mass is 35.5. The third kappa shape index (κ3) is 3.88. The van der Waals surface area contributed by atoms with E-state index in [9.17, 15) is 9.18 Å². The van der Waals surface area contributed by atoms with Gasteiger partial charge < -0.3 is 10.6 Å². The van der Waals surface area contributed by atoms with Gasteiger partial charge in [-0.3, -0.25) is 4.79 Å². The lowest BCUT2D eigenvalue weighted by molar-refractivity contribution is -0.120. The van der Waals surface area contributed by atoms with E-state index in [0.29, 0.717) is 17.6 Å². The van der Waals surface area contributed by atoms with E-state index >= 15 is 0 Å². The van der Waals surface area contributed by atoms with Crippen molar-refractivity contribution in [2.75, 3.05) is 11.9 Å². The van der Waals surface area contributed by atoms with E-state index in [2.05, 4.69) is 33.1 Å². The number of aromatic nitrogens is 4. The Morgan fingerprint density at radius 3 is 2.92 bits per heavy atom. The highest BCUT2D eigenvalue weighted by Crippen LogP contribution is 2.22. The number of carbonyl (C=O) groups is 1. The quantitative estimate of drug-likeness (QED) is 0.878. The van der Waals surface area contributed by atoms with Gasteiger partial charge in [0.2, 0.25) is 5.91 Å². The summed E-state index contributed by atoms with van der Waals surface area (Å²) >= 11 is 0. The summed E-state index contributed by atoms with van der Waals surface area (Å²) in [7, 11) is 0. The maximum atomic E-state index is 14.0. The number of carbonyl (C=O) groups excluding carboxylic acids is 1. The zero-order chi connectivity index (χ0) is 16.4. The molecule has 130 valence electrons. The van der Waals surface area contributed by atoms with Crippen LogP contribution in [0.4, 0.5) is 10.1 Å². The molecule has 1 saturated heterocycles. The van der Waals surface area contributed by atoms with Crippen LogP contribution >= 0.6 is 12.4 Å². The van der Waals surface area contributed by atoms with E-state index in [1.165, 1.54) is 10.7 Å². The minimum Gasteiger partial charge on any atom is -0.326 e. The number of rotatable bonds is 3. The lowest BCUT2D eigenvalue weighted by Crippen LogP contribution is -2.40. The van der Waals surface area contributed by atoms with Crippen molar-refractivity contribution in [3.8, 4) is 5.69 Å². The monoisotopic (exact) mass is 354 g/mol. The van der Waals surface area contributed by atoms with Crippen LogP contribution in [0.2, 0.25) is 0 Å². The van der Waals surface area contributed by atoms with Crippen LogP contribution in [0.1, 0.15) is 25.6 Å². The van der Waals surface area contributed by atoms with Gasteiger partial charge in [-0.05, 0) is 61.9 Å². The number of aryl methyl sites for hydroxylation is 1. The van der Waals surface area contributed by atoms with E-state index in [-0.39, 0.29) is 29.9 Å². The van der Waals surface area contributed by atoms with Crippen molar-refractivity contribution in [1.29, 1.82) is 0 Å². The maximum Gasteiger partial charge on any atom is 0.227 e. The molecule has 1 aliphatic rings. The Bertz CT molecular complexity index is 722. The zero-order valence-corrected chi connectivity index (χ0v) is 14.3. The summed E-state index contributed by atoms with van der Waals surface area (Å²) in [6.45, 7) is 4.58. The van der Waals surface area contributed by atoms with Crippen LogP contribution < -0.4 is 10.6 Å². The lowest BCUT2D eigenvalue weighted by Gasteiger charge is -2.27. The van der Waals surface area contributed by atoms with Gasteiger partial charge in [0.1, 0.15) is 11.5 Å². The van der Waals surface area contributed by atoms with Crippen LogP contribution in [0.25, 0.3) is 5.69 Å². The van der Waals surface area contributed by atoms with Crippen molar-refractivity contribution in [3.05, 3.63) is 29.8 Å². The van der Waals surface area contributed by atoms with Gasteiger partial charge in [-0.2, -0.15) is 4.68 Å². The van der Waals surface area contributed by atoms with Crippen LogP contribution in [0.3, 0.4) is 0 Å². The summed E-state index contributed by atoms with van der Waals surface area (Å²) in [5.74, 6) is -0.0488. The van der Waals surface area contributed by atoms with Crippen molar-refractivity contribution in [2.45, 2.75) is 32.7 Å². The smallest absolute Gasteiger partial charge is 0.227 e. The van der Waals surface area contributed by atoms with Gasteiger partial charge >= 0.3 is 0 Å². The van der Waals surface area contributed by atoms with Crippen molar-refractivity contribution < 1.29 is 9.18 Å². The summed E-state index contributed by atoms with van der Waals surface area (Å²) in [5.41, 5.74) is 0.747. The number of hydrogen-bond donors (Lipinski definition) is 2. The predicted octanol–water partition coefficient (Wildman–Crippen LogP) is 1.86. The van der Waals surface area contributed by atoms with Crippen LogP contribution in [0.15, 0.2) is 18.2 Å². The minimum absolute atomic E-state index is 0. The molecule has 9 heteroatoms. The molecule has 7 nitrogen and oxygen atoms in total. The molecular formula is C15H20ClFN6O. The number of nitrogens with one attached hydrogen (secondary N) is 2. The van der Waals surface area contributed by atoms with Crippen molar-refractivity contribution in [1.82, 2.24) is 25.5 Å². The number of tetrazole rings is 1. The molecule has 1 aromatic carbocycles. The number of amides is 1. The Morgan fingerprint density at radius 1 is 1.46 bits per heavy atom. The average Bonchev–Trinajstić information content (AvgIpc) is 2.95. The van der Waals surface area contributed by atoms with Gasteiger partial charge in [0.05, 0.1) is 0 Å². The highest BCUT2D eigenvalue weighted by Gasteiger charge is 2.25. The summed E-state index contributed by atoms with van der Waals surface area (Å²) < 4.78 is 15.3. The Balaban J connectivity index is 0.00000208. The fourth-order valence-corrected chi connectivity index (χ4v) is 2.82. The second kappa shape index (κ2) is 7.67. The van der Waals surface area contributed by atoms with Gasteiger partial charge in [0.15, 0.2) is 5.82 Å². The number of halogens is 2. The third-order valence-corrected chi connectivity index (χ3v) is 4.06. The lowest BCUT2D eigenvalue weighted by atomic mass is 9.92. The molecule has 2 N–H and O–H groups in total. The summed E-state index contributed by atoms with van der Waals surface area (Å²) in [4.78, 5) is 12.4. The van der Waals surface area contributed by atoms with Crippen molar-refractivity contribution in [2.24, 2.45) is 5.92 Å². The molecule has 2 atom stereocenters. The number of benzene rings is 1. The van der Waals surface area contributed by atoms with Gasteiger partial charge in [0, 0.05) is 17.6 Å². The first-order valence-corrected chi connectivity index (χ1v) is 7.63. The van der Waals surface area contributed by atoms with Crippen LogP contribution in [-0.4, -0.2) is 38.7 Å². The van der Waals surface area contributed by atoms with E-state index < -0.39 is 5.82 Å². The SMILES string of the molecule is Cc1nnnn1-c1cc(NC(=O)[C@H]2CCN[C@@H](C)C2)ccc1F.Cl. The molecule has 3 rings (SSSR count). The molecule has 0 saturated carbocycles. The van der Waals surface area contributed by atoms with E-state index in [1.54, 1.807) is 19.1 Å². The molecule has 1 fully saturated rings. The Kier molecular flexibility index (Phi) is 5.84. The molecular weight excluding hydrogens is 335 g/mol. The minimum atomic E-state index is -0.450. The maximum absolute atomic E-state index is 14.0. The topological polar surface area (TPSA) is 84.7 Å². The summed E-state index contributed by atoms with van der Waals surface area (Å²) in [6, 6.07) is 4.71. The zero-order valence-electron chi connectivity index (χ0n) is 13.5. The van der Waals surface area contributed by atoms with E-state index in [4.69, 9.17) is 0 Å². The largest absolute Gasteiger partial charge is 0.326 e. The van der Waals surface area contributed by atoms with E-state index in [1.807, 2.05) is 0 Å². The molecule has 0 spiro atoms. The molecule has 2 heterocycles. The normalized spacial score (nSPS) is 20.3. The summed E-state index contributed by atoms with van der Waals surface area (Å²) in [6.07, 6.45) is 1.60. The fraction of sp³-hybridized carbons (Fsp3) is 0.467. The van der Waals surface area contributed by atoms with Crippen LogP contribution in [-0.2, 0) is 4.79 Å². The molecule has 24 heavy (non-hydrogen) atoms. The first kappa shape index (κ1) is 18.3. The van der Waals surface area contributed by atoms with Gasteiger partial charge in [0.25, 0.3) is 0 Å². The standard InChI is InChI=1S/C15H19FN6O.ClH/c1-9-7-11(5-6-17-9)15(23)18-12-3-4-13(16)14(8-12)22-10(2)19-20-21-22;/h3-4,8-9,11,17H,5-7H2,1-2H3,(H,18,23);1H/t9-,11-;/m0./s1. The van der Waals surface area contributed by atoms with Crippen LogP contribution in [0, 0.1) is 18.7 Å². The van der Waals surface area contributed by atoms with Crippen molar-refractivity contribution >= 4 is 24.0 Å². The molecule has 1 amide bonds.